The van der Waals surface area contributed by atoms with Gasteiger partial charge in [0, 0.05) is 33.3 Å². The molecule has 3 rings (SSSR count). The van der Waals surface area contributed by atoms with Gasteiger partial charge in [0.05, 0.1) is 24.2 Å². The molecule has 30 heavy (non-hydrogen) atoms. The number of aliphatic hydroxyl groups excluding tert-OH is 1. The van der Waals surface area contributed by atoms with Crippen molar-refractivity contribution in [2.45, 2.75) is 13.5 Å². The van der Waals surface area contributed by atoms with Crippen LogP contribution in [-0.2, 0) is 20.9 Å². The molecule has 0 unspecified atom stereocenters. The zero-order valence-corrected chi connectivity index (χ0v) is 17.4. The van der Waals surface area contributed by atoms with Gasteiger partial charge in [-0.15, -0.1) is 0 Å². The van der Waals surface area contributed by atoms with E-state index >= 15 is 0 Å². The van der Waals surface area contributed by atoms with Crippen molar-refractivity contribution >= 4 is 51.6 Å². The average molecular weight is 446 g/mol. The van der Waals surface area contributed by atoms with Crippen LogP contribution in [0.2, 0.25) is 10.0 Å². The van der Waals surface area contributed by atoms with E-state index in [0.717, 1.165) is 0 Å². The summed E-state index contributed by atoms with van der Waals surface area (Å²) >= 11 is 12.6. The molecule has 0 atom stereocenters. The van der Waals surface area contributed by atoms with Crippen molar-refractivity contribution in [2.75, 3.05) is 6.61 Å². The minimum atomic E-state index is -1.12. The number of halogens is 2. The Morgan fingerprint density at radius 2 is 1.77 bits per heavy atom. The average Bonchev–Trinajstić information content (AvgIpc) is 2.72. The fraction of sp³-hybridized carbons (Fsp3) is 0.136. The maximum absolute atomic E-state index is 12.9. The molecular weight excluding hydrogens is 429 g/mol. The molecule has 0 spiro atoms. The Morgan fingerprint density at radius 3 is 2.43 bits per heavy atom. The number of ether oxygens (including phenoxy) is 1. The summed E-state index contributed by atoms with van der Waals surface area (Å²) in [5, 5.41) is 11.6. The lowest BCUT2D eigenvalue weighted by Crippen LogP contribution is -2.18. The number of hydrogen-bond acceptors (Lipinski definition) is 5. The van der Waals surface area contributed by atoms with Gasteiger partial charge in [-0.3, -0.25) is 9.59 Å². The van der Waals surface area contributed by atoms with Crippen LogP contribution in [0.3, 0.4) is 0 Å². The summed E-state index contributed by atoms with van der Waals surface area (Å²) in [6.07, 6.45) is 2.07. The highest BCUT2D eigenvalue weighted by molar-refractivity contribution is 6.39. The topological polar surface area (TPSA) is 85.6 Å². The summed E-state index contributed by atoms with van der Waals surface area (Å²) in [5.41, 5.74) is 0.588. The lowest BCUT2D eigenvalue weighted by Gasteiger charge is -2.15. The van der Waals surface area contributed by atoms with Gasteiger partial charge in [0.25, 0.3) is 5.78 Å². The van der Waals surface area contributed by atoms with E-state index in [9.17, 15) is 19.5 Å². The minimum absolute atomic E-state index is 0.0144. The number of hydrogen-bond donors (Lipinski definition) is 1. The zero-order chi connectivity index (χ0) is 21.8. The van der Waals surface area contributed by atoms with Crippen molar-refractivity contribution in [3.05, 3.63) is 86.1 Å². The van der Waals surface area contributed by atoms with Gasteiger partial charge >= 0.3 is 5.97 Å². The first kappa shape index (κ1) is 21.6. The zero-order valence-electron chi connectivity index (χ0n) is 15.9. The minimum Gasteiger partial charge on any atom is -0.507 e. The monoisotopic (exact) mass is 445 g/mol. The molecule has 1 N–H and O–H groups in total. The van der Waals surface area contributed by atoms with Gasteiger partial charge in [-0.2, -0.15) is 0 Å². The van der Waals surface area contributed by atoms with Crippen LogP contribution >= 0.6 is 23.2 Å². The third kappa shape index (κ3) is 4.40. The number of rotatable bonds is 6. The highest BCUT2D eigenvalue weighted by atomic mass is 35.5. The molecule has 1 heterocycles. The maximum Gasteiger partial charge on any atom is 0.379 e. The van der Waals surface area contributed by atoms with Gasteiger partial charge < -0.3 is 14.4 Å². The number of aromatic nitrogens is 1. The number of fused-ring (bicyclic) bond motifs is 1. The van der Waals surface area contributed by atoms with Gasteiger partial charge in [0.1, 0.15) is 5.76 Å². The van der Waals surface area contributed by atoms with Gasteiger partial charge in [0.2, 0.25) is 0 Å². The summed E-state index contributed by atoms with van der Waals surface area (Å²) < 4.78 is 6.31. The number of benzene rings is 2. The molecule has 0 fully saturated rings. The number of esters is 1. The Morgan fingerprint density at radius 1 is 1.10 bits per heavy atom. The maximum atomic E-state index is 12.9. The van der Waals surface area contributed by atoms with Gasteiger partial charge in [0.15, 0.2) is 5.43 Å². The van der Waals surface area contributed by atoms with Crippen molar-refractivity contribution in [2.24, 2.45) is 0 Å². The summed E-state index contributed by atoms with van der Waals surface area (Å²) in [6.45, 7) is 1.78. The molecule has 0 aliphatic heterocycles. The van der Waals surface area contributed by atoms with Crippen molar-refractivity contribution in [3.8, 4) is 0 Å². The normalized spacial score (nSPS) is 11.5. The molecule has 0 saturated heterocycles. The molecule has 0 aliphatic carbocycles. The quantitative estimate of drug-likeness (QED) is 0.263. The molecule has 1 aromatic heterocycles. The van der Waals surface area contributed by atoms with E-state index in [-0.39, 0.29) is 18.7 Å². The Balaban J connectivity index is 2.15. The van der Waals surface area contributed by atoms with Crippen LogP contribution in [0.15, 0.2) is 59.5 Å². The lowest BCUT2D eigenvalue weighted by atomic mass is 10.1. The predicted molar refractivity (Wildman–Crippen MR) is 116 cm³/mol. The molecule has 0 amide bonds. The van der Waals surface area contributed by atoms with Gasteiger partial charge in [-0.05, 0) is 31.2 Å². The molecule has 8 heteroatoms. The summed E-state index contributed by atoms with van der Waals surface area (Å²) in [5.74, 6) is -2.82. The smallest absolute Gasteiger partial charge is 0.379 e. The molecular formula is C22H17Cl2NO5. The number of carbonyl (C=O) groups is 2. The van der Waals surface area contributed by atoms with Crippen LogP contribution in [0.5, 0.6) is 0 Å². The first-order valence-corrected chi connectivity index (χ1v) is 9.76. The van der Waals surface area contributed by atoms with Crippen LogP contribution in [0.4, 0.5) is 0 Å². The van der Waals surface area contributed by atoms with Gasteiger partial charge in [-0.25, -0.2) is 4.79 Å². The first-order valence-electron chi connectivity index (χ1n) is 9.00. The molecule has 0 bridgehead atoms. The molecule has 0 radical (unpaired) electrons. The van der Waals surface area contributed by atoms with Crippen LogP contribution < -0.4 is 5.43 Å². The fourth-order valence-corrected chi connectivity index (χ4v) is 3.49. The Hall–Kier alpha value is -3.09. The second-order valence-corrected chi connectivity index (χ2v) is 7.15. The third-order valence-corrected chi connectivity index (χ3v) is 5.11. The number of aliphatic hydroxyl groups is 1. The molecule has 154 valence electrons. The summed E-state index contributed by atoms with van der Waals surface area (Å²) in [4.78, 5) is 36.3. The van der Waals surface area contributed by atoms with Crippen molar-refractivity contribution in [1.29, 1.82) is 0 Å². The van der Waals surface area contributed by atoms with E-state index in [1.807, 2.05) is 0 Å². The van der Waals surface area contributed by atoms with Crippen LogP contribution in [0, 0.1) is 0 Å². The van der Waals surface area contributed by atoms with Crippen molar-refractivity contribution in [1.82, 2.24) is 4.57 Å². The first-order chi connectivity index (χ1) is 14.3. The van der Waals surface area contributed by atoms with Gasteiger partial charge in [-0.1, -0.05) is 41.4 Å². The van der Waals surface area contributed by atoms with Crippen LogP contribution in [-0.4, -0.2) is 28.0 Å². The molecule has 0 aliphatic rings. The van der Waals surface area contributed by atoms with Crippen molar-refractivity contribution < 1.29 is 19.4 Å². The van der Waals surface area contributed by atoms with Crippen molar-refractivity contribution in [3.63, 3.8) is 0 Å². The SMILES string of the molecule is CCOC(=O)C(=O)/C=C(\O)c1cn(Cc2c(Cl)cccc2Cl)c2ccccc2c1=O. The van der Waals surface area contributed by atoms with E-state index in [0.29, 0.717) is 32.6 Å². The number of pyridine rings is 1. The summed E-state index contributed by atoms with van der Waals surface area (Å²) in [7, 11) is 0. The highest BCUT2D eigenvalue weighted by Crippen LogP contribution is 2.26. The van der Waals surface area contributed by atoms with E-state index in [1.165, 1.54) is 6.20 Å². The number of carbonyl (C=O) groups excluding carboxylic acids is 2. The Bertz CT molecular complexity index is 1210. The second kappa shape index (κ2) is 9.15. The second-order valence-electron chi connectivity index (χ2n) is 6.33. The fourth-order valence-electron chi connectivity index (χ4n) is 2.98. The predicted octanol–water partition coefficient (Wildman–Crippen LogP) is 4.39. The van der Waals surface area contributed by atoms with E-state index < -0.39 is 22.9 Å². The third-order valence-electron chi connectivity index (χ3n) is 4.40. The number of ketones is 1. The lowest BCUT2D eigenvalue weighted by molar-refractivity contribution is -0.151. The van der Waals surface area contributed by atoms with E-state index in [4.69, 9.17) is 23.2 Å². The molecule has 2 aromatic carbocycles. The van der Waals surface area contributed by atoms with Crippen LogP contribution in [0.1, 0.15) is 18.1 Å². The van der Waals surface area contributed by atoms with E-state index in [1.54, 1.807) is 54.0 Å². The molecule has 3 aromatic rings. The highest BCUT2D eigenvalue weighted by Gasteiger charge is 2.18. The summed E-state index contributed by atoms with van der Waals surface area (Å²) in [6, 6.07) is 11.9. The largest absolute Gasteiger partial charge is 0.507 e. The Labute approximate surface area is 181 Å². The van der Waals surface area contributed by atoms with E-state index in [2.05, 4.69) is 4.74 Å². The molecule has 0 saturated carbocycles. The Kier molecular flexibility index (Phi) is 6.59. The van der Waals surface area contributed by atoms with Crippen LogP contribution in [0.25, 0.3) is 16.7 Å². The number of para-hydroxylation sites is 1. The number of nitrogens with zero attached hydrogens (tertiary/aromatic N) is 1. The molecule has 6 nitrogen and oxygen atoms in total. The standard InChI is InChI=1S/C22H17Cl2NO5/c1-2-30-22(29)20(27)10-19(26)15-12-25(11-14-16(23)7-5-8-17(14)24)18-9-4-3-6-13(18)21(15)28/h3-10,12,26H,2,11H2,1H3/b19-10-.